The van der Waals surface area contributed by atoms with Crippen LogP contribution in [0.4, 0.5) is 10.2 Å². The van der Waals surface area contributed by atoms with Gasteiger partial charge in [0.1, 0.15) is 11.6 Å². The van der Waals surface area contributed by atoms with E-state index in [9.17, 15) is 9.18 Å². The second-order valence-electron chi connectivity index (χ2n) is 9.39. The SMILES string of the molecule is CCC(CC(=O)c1cnn2ccc(N3CCCC3c3cncc(F)c3)nc12)C(C)C1CC1. The van der Waals surface area contributed by atoms with Crippen LogP contribution in [0.15, 0.2) is 36.9 Å². The summed E-state index contributed by atoms with van der Waals surface area (Å²) in [4.78, 5) is 24.3. The lowest BCUT2D eigenvalue weighted by Gasteiger charge is -2.26. The van der Waals surface area contributed by atoms with E-state index in [1.54, 1.807) is 23.0 Å². The smallest absolute Gasteiger partial charge is 0.168 e. The molecule has 0 radical (unpaired) electrons. The Kier molecular flexibility index (Phi) is 5.66. The molecule has 2 fully saturated rings. The van der Waals surface area contributed by atoms with E-state index < -0.39 is 0 Å². The zero-order chi connectivity index (χ0) is 22.2. The summed E-state index contributed by atoms with van der Waals surface area (Å²) in [6.45, 7) is 5.30. The highest BCUT2D eigenvalue weighted by Crippen LogP contribution is 2.42. The van der Waals surface area contributed by atoms with Crippen LogP contribution in [0.25, 0.3) is 5.65 Å². The van der Waals surface area contributed by atoms with E-state index in [2.05, 4.69) is 28.8 Å². The van der Waals surface area contributed by atoms with Crippen molar-refractivity contribution in [1.29, 1.82) is 0 Å². The number of ketones is 1. The molecule has 0 spiro atoms. The number of anilines is 1. The molecule has 1 saturated heterocycles. The van der Waals surface area contributed by atoms with Crippen molar-refractivity contribution in [3.63, 3.8) is 0 Å². The number of halogens is 1. The van der Waals surface area contributed by atoms with Gasteiger partial charge in [0.05, 0.1) is 24.0 Å². The van der Waals surface area contributed by atoms with Crippen LogP contribution in [0.3, 0.4) is 0 Å². The molecule has 168 valence electrons. The predicted octanol–water partition coefficient (Wildman–Crippen LogP) is 5.25. The Labute approximate surface area is 187 Å². The molecule has 3 aromatic heterocycles. The summed E-state index contributed by atoms with van der Waals surface area (Å²) in [5, 5.41) is 4.38. The van der Waals surface area contributed by atoms with Crippen LogP contribution in [0.2, 0.25) is 0 Å². The largest absolute Gasteiger partial charge is 0.349 e. The number of carbonyl (C=O) groups is 1. The van der Waals surface area contributed by atoms with E-state index in [-0.39, 0.29) is 17.6 Å². The van der Waals surface area contributed by atoms with Crippen molar-refractivity contribution in [2.24, 2.45) is 17.8 Å². The Morgan fingerprint density at radius 1 is 1.25 bits per heavy atom. The fourth-order valence-electron chi connectivity index (χ4n) is 5.27. The molecule has 3 unspecified atom stereocenters. The lowest BCUT2D eigenvalue weighted by molar-refractivity contribution is 0.0940. The third-order valence-corrected chi connectivity index (χ3v) is 7.39. The van der Waals surface area contributed by atoms with Crippen molar-refractivity contribution in [3.05, 3.63) is 53.9 Å². The van der Waals surface area contributed by atoms with Crippen molar-refractivity contribution >= 4 is 17.2 Å². The topological polar surface area (TPSA) is 63.4 Å². The van der Waals surface area contributed by atoms with Crippen LogP contribution in [0.1, 0.15) is 74.3 Å². The molecule has 0 bridgehead atoms. The molecular formula is C25H30FN5O. The number of hydrogen-bond donors (Lipinski definition) is 0. The van der Waals surface area contributed by atoms with Gasteiger partial charge in [0.2, 0.25) is 0 Å². The van der Waals surface area contributed by atoms with Gasteiger partial charge < -0.3 is 4.90 Å². The normalized spacial score (nSPS) is 20.6. The maximum absolute atomic E-state index is 13.8. The molecular weight excluding hydrogens is 405 g/mol. The molecule has 6 nitrogen and oxygen atoms in total. The van der Waals surface area contributed by atoms with Gasteiger partial charge in [0, 0.05) is 25.4 Å². The van der Waals surface area contributed by atoms with Gasteiger partial charge in [-0.15, -0.1) is 0 Å². The Balaban J connectivity index is 1.41. The minimum Gasteiger partial charge on any atom is -0.349 e. The second-order valence-corrected chi connectivity index (χ2v) is 9.39. The molecule has 1 aliphatic carbocycles. The number of hydrogen-bond acceptors (Lipinski definition) is 5. The quantitative estimate of drug-likeness (QED) is 0.452. The van der Waals surface area contributed by atoms with Crippen molar-refractivity contribution in [2.45, 2.75) is 58.4 Å². The molecule has 4 heterocycles. The summed E-state index contributed by atoms with van der Waals surface area (Å²) < 4.78 is 15.4. The maximum Gasteiger partial charge on any atom is 0.168 e. The van der Waals surface area contributed by atoms with Gasteiger partial charge in [-0.05, 0) is 61.1 Å². The monoisotopic (exact) mass is 435 g/mol. The third-order valence-electron chi connectivity index (χ3n) is 7.39. The van der Waals surface area contributed by atoms with Gasteiger partial charge >= 0.3 is 0 Å². The highest BCUT2D eigenvalue weighted by Gasteiger charge is 2.34. The highest BCUT2D eigenvalue weighted by atomic mass is 19.1. The van der Waals surface area contributed by atoms with Gasteiger partial charge in [-0.3, -0.25) is 9.78 Å². The number of Topliss-reactive ketones (excluding diaryl/α,β-unsaturated/α-hetero) is 1. The van der Waals surface area contributed by atoms with Crippen LogP contribution in [-0.4, -0.2) is 31.9 Å². The summed E-state index contributed by atoms with van der Waals surface area (Å²) >= 11 is 0. The van der Waals surface area contributed by atoms with Crippen LogP contribution >= 0.6 is 0 Å². The Bertz CT molecular complexity index is 1120. The van der Waals surface area contributed by atoms with E-state index in [0.29, 0.717) is 29.5 Å². The molecule has 1 aliphatic heterocycles. The number of rotatable bonds is 8. The van der Waals surface area contributed by atoms with E-state index in [1.165, 1.54) is 19.0 Å². The summed E-state index contributed by atoms with van der Waals surface area (Å²) in [6, 6.07) is 3.50. The summed E-state index contributed by atoms with van der Waals surface area (Å²) in [6.07, 6.45) is 12.5. The maximum atomic E-state index is 13.8. The number of carbonyl (C=O) groups excluding carboxylic acids is 1. The number of fused-ring (bicyclic) bond motifs is 1. The Hall–Kier alpha value is -2.83. The molecule has 7 heteroatoms. The second kappa shape index (κ2) is 8.60. The zero-order valence-electron chi connectivity index (χ0n) is 18.7. The lowest BCUT2D eigenvalue weighted by Crippen LogP contribution is -2.24. The molecule has 2 aliphatic rings. The summed E-state index contributed by atoms with van der Waals surface area (Å²) in [7, 11) is 0. The third kappa shape index (κ3) is 4.00. The van der Waals surface area contributed by atoms with Gasteiger partial charge in [-0.1, -0.05) is 20.3 Å². The number of aromatic nitrogens is 4. The fraction of sp³-hybridized carbons (Fsp3) is 0.520. The molecule has 0 aromatic carbocycles. The van der Waals surface area contributed by atoms with Crippen molar-refractivity contribution in [2.75, 3.05) is 11.4 Å². The first-order valence-electron chi connectivity index (χ1n) is 11.8. The molecule has 5 rings (SSSR count). The Morgan fingerprint density at radius 3 is 2.84 bits per heavy atom. The average molecular weight is 436 g/mol. The van der Waals surface area contributed by atoms with E-state index in [0.717, 1.165) is 43.1 Å². The lowest BCUT2D eigenvalue weighted by atomic mass is 9.83. The standard InChI is InChI=1S/C25H30FN5O/c1-3-17(16(2)18-6-7-18)12-23(32)21-15-28-31-10-8-24(29-25(21)31)30-9-4-5-22(30)19-11-20(26)14-27-13-19/h8,10-11,13-18,22H,3-7,9,12H2,1-2H3. The van der Waals surface area contributed by atoms with Gasteiger partial charge in [-0.2, -0.15) is 5.10 Å². The predicted molar refractivity (Wildman–Crippen MR) is 121 cm³/mol. The minimum atomic E-state index is -0.327. The summed E-state index contributed by atoms with van der Waals surface area (Å²) in [5.41, 5.74) is 2.05. The van der Waals surface area contributed by atoms with Crippen molar-refractivity contribution < 1.29 is 9.18 Å². The Morgan fingerprint density at radius 2 is 2.09 bits per heavy atom. The highest BCUT2D eigenvalue weighted by molar-refractivity contribution is 6.01. The zero-order valence-corrected chi connectivity index (χ0v) is 18.7. The first-order chi connectivity index (χ1) is 15.5. The fourth-order valence-corrected chi connectivity index (χ4v) is 5.27. The van der Waals surface area contributed by atoms with E-state index >= 15 is 0 Å². The average Bonchev–Trinajstić information content (AvgIpc) is 3.38. The molecule has 0 N–H and O–H groups in total. The van der Waals surface area contributed by atoms with Crippen LogP contribution in [0.5, 0.6) is 0 Å². The van der Waals surface area contributed by atoms with E-state index in [4.69, 9.17) is 4.98 Å². The number of pyridine rings is 1. The summed E-state index contributed by atoms with van der Waals surface area (Å²) in [5.74, 6) is 2.35. The first-order valence-corrected chi connectivity index (χ1v) is 11.8. The molecule has 3 aromatic rings. The minimum absolute atomic E-state index is 0.0269. The van der Waals surface area contributed by atoms with Crippen LogP contribution in [-0.2, 0) is 0 Å². The molecule has 3 atom stereocenters. The molecule has 32 heavy (non-hydrogen) atoms. The van der Waals surface area contributed by atoms with Gasteiger partial charge in [0.15, 0.2) is 11.4 Å². The van der Waals surface area contributed by atoms with Gasteiger partial charge in [-0.25, -0.2) is 13.9 Å². The van der Waals surface area contributed by atoms with Crippen molar-refractivity contribution in [3.8, 4) is 0 Å². The molecule has 1 saturated carbocycles. The van der Waals surface area contributed by atoms with Gasteiger partial charge in [0.25, 0.3) is 0 Å². The first kappa shape index (κ1) is 21.0. The molecule has 0 amide bonds. The van der Waals surface area contributed by atoms with Crippen molar-refractivity contribution in [1.82, 2.24) is 19.6 Å². The van der Waals surface area contributed by atoms with Crippen LogP contribution < -0.4 is 4.90 Å². The van der Waals surface area contributed by atoms with Crippen LogP contribution in [0, 0.1) is 23.6 Å². The number of nitrogens with zero attached hydrogens (tertiary/aromatic N) is 5. The van der Waals surface area contributed by atoms with E-state index in [1.807, 2.05) is 12.3 Å².